The molecule has 0 bridgehead atoms. The molecule has 4 nitrogen and oxygen atoms in total. The quantitative estimate of drug-likeness (QED) is 0.914. The number of aromatic nitrogens is 1. The van der Waals surface area contributed by atoms with E-state index in [1.54, 1.807) is 13.1 Å². The Morgan fingerprint density at radius 3 is 2.50 bits per heavy atom. The minimum atomic E-state index is -0.566. The lowest BCUT2D eigenvalue weighted by Crippen LogP contribution is -2.30. The van der Waals surface area contributed by atoms with Crippen molar-refractivity contribution in [3.8, 4) is 5.75 Å². The largest absolute Gasteiger partial charge is 0.481 e. The molecule has 2 aromatic rings. The molecule has 1 atom stereocenters. The Kier molecular flexibility index (Phi) is 4.74. The highest BCUT2D eigenvalue weighted by Crippen LogP contribution is 2.20. The molecule has 1 aromatic heterocycles. The third-order valence-electron chi connectivity index (χ3n) is 2.89. The van der Waals surface area contributed by atoms with Crippen LogP contribution in [0.15, 0.2) is 35.8 Å². The molecular weight excluding hydrogens is 272 g/mol. The first-order valence-electron chi connectivity index (χ1n) is 6.53. The van der Waals surface area contributed by atoms with Crippen LogP contribution in [-0.2, 0) is 4.79 Å². The second-order valence-electron chi connectivity index (χ2n) is 4.81. The summed E-state index contributed by atoms with van der Waals surface area (Å²) in [5, 5.41) is 5.11. The average molecular weight is 290 g/mol. The second kappa shape index (κ2) is 6.52. The Hall–Kier alpha value is -1.88. The molecule has 1 aromatic carbocycles. The van der Waals surface area contributed by atoms with Gasteiger partial charge in [-0.15, -0.1) is 11.3 Å². The molecule has 106 valence electrons. The molecule has 0 aliphatic carbocycles. The van der Waals surface area contributed by atoms with E-state index in [4.69, 9.17) is 4.74 Å². The predicted octanol–water partition coefficient (Wildman–Crippen LogP) is 3.67. The number of amides is 1. The zero-order chi connectivity index (χ0) is 14.5. The highest BCUT2D eigenvalue weighted by atomic mass is 32.1. The number of anilines is 1. The zero-order valence-electron chi connectivity index (χ0n) is 11.8. The fourth-order valence-corrected chi connectivity index (χ4v) is 2.21. The molecular formula is C15H18N2O2S. The topological polar surface area (TPSA) is 51.2 Å². The van der Waals surface area contributed by atoms with E-state index in [2.05, 4.69) is 24.1 Å². The lowest BCUT2D eigenvalue weighted by molar-refractivity contribution is -0.122. The standard InChI is InChI=1S/C15H18N2O2S/c1-10(2)12-4-6-13(7-5-12)19-11(3)14(18)17-15-16-8-9-20-15/h4-11H,1-3H3,(H,16,17,18)/t11-/m1/s1. The van der Waals surface area contributed by atoms with Gasteiger partial charge in [-0.05, 0) is 30.5 Å². The van der Waals surface area contributed by atoms with E-state index in [1.807, 2.05) is 29.6 Å². The van der Waals surface area contributed by atoms with Crippen LogP contribution in [0.2, 0.25) is 0 Å². The van der Waals surface area contributed by atoms with Crippen LogP contribution in [0, 0.1) is 0 Å². The van der Waals surface area contributed by atoms with Crippen molar-refractivity contribution in [1.29, 1.82) is 0 Å². The Balaban J connectivity index is 1.93. The molecule has 0 aliphatic rings. The van der Waals surface area contributed by atoms with Gasteiger partial charge in [0.15, 0.2) is 11.2 Å². The van der Waals surface area contributed by atoms with Crippen molar-refractivity contribution in [2.45, 2.75) is 32.8 Å². The molecule has 0 saturated carbocycles. The summed E-state index contributed by atoms with van der Waals surface area (Å²) in [5.41, 5.74) is 1.25. The summed E-state index contributed by atoms with van der Waals surface area (Å²) in [6.45, 7) is 6.00. The first-order chi connectivity index (χ1) is 9.56. The number of thiazole rings is 1. The van der Waals surface area contributed by atoms with Gasteiger partial charge < -0.3 is 4.74 Å². The molecule has 1 heterocycles. The monoisotopic (exact) mass is 290 g/mol. The van der Waals surface area contributed by atoms with Gasteiger partial charge in [-0.3, -0.25) is 10.1 Å². The van der Waals surface area contributed by atoms with Crippen LogP contribution in [0.5, 0.6) is 5.75 Å². The highest BCUT2D eigenvalue weighted by molar-refractivity contribution is 7.13. The maximum absolute atomic E-state index is 11.9. The van der Waals surface area contributed by atoms with Crippen molar-refractivity contribution < 1.29 is 9.53 Å². The van der Waals surface area contributed by atoms with Crippen LogP contribution in [0.1, 0.15) is 32.3 Å². The van der Waals surface area contributed by atoms with Crippen molar-refractivity contribution in [3.05, 3.63) is 41.4 Å². The third kappa shape index (κ3) is 3.81. The van der Waals surface area contributed by atoms with Crippen LogP contribution in [-0.4, -0.2) is 17.0 Å². The highest BCUT2D eigenvalue weighted by Gasteiger charge is 2.15. The van der Waals surface area contributed by atoms with Gasteiger partial charge in [-0.25, -0.2) is 4.98 Å². The van der Waals surface area contributed by atoms with E-state index < -0.39 is 6.10 Å². The minimum absolute atomic E-state index is 0.201. The van der Waals surface area contributed by atoms with Gasteiger partial charge in [-0.2, -0.15) is 0 Å². The third-order valence-corrected chi connectivity index (χ3v) is 3.58. The number of hydrogen-bond donors (Lipinski definition) is 1. The van der Waals surface area contributed by atoms with Crippen molar-refractivity contribution in [2.24, 2.45) is 0 Å². The fraction of sp³-hybridized carbons (Fsp3) is 0.333. The van der Waals surface area contributed by atoms with Crippen molar-refractivity contribution >= 4 is 22.4 Å². The number of ether oxygens (including phenoxy) is 1. The van der Waals surface area contributed by atoms with Gasteiger partial charge >= 0.3 is 0 Å². The maximum Gasteiger partial charge on any atom is 0.266 e. The van der Waals surface area contributed by atoms with E-state index in [9.17, 15) is 4.79 Å². The number of nitrogens with zero attached hydrogens (tertiary/aromatic N) is 1. The van der Waals surface area contributed by atoms with Crippen LogP contribution in [0.3, 0.4) is 0 Å². The van der Waals surface area contributed by atoms with Gasteiger partial charge in [0, 0.05) is 11.6 Å². The summed E-state index contributed by atoms with van der Waals surface area (Å²) >= 11 is 1.38. The van der Waals surface area contributed by atoms with E-state index >= 15 is 0 Å². The van der Waals surface area contributed by atoms with E-state index in [-0.39, 0.29) is 5.91 Å². The molecule has 1 N–H and O–H groups in total. The smallest absolute Gasteiger partial charge is 0.266 e. The summed E-state index contributed by atoms with van der Waals surface area (Å²) in [6.07, 6.45) is 1.08. The molecule has 0 radical (unpaired) electrons. The normalized spacial score (nSPS) is 12.2. The number of hydrogen-bond acceptors (Lipinski definition) is 4. The minimum Gasteiger partial charge on any atom is -0.481 e. The van der Waals surface area contributed by atoms with Crippen LogP contribution < -0.4 is 10.1 Å². The Morgan fingerprint density at radius 1 is 1.25 bits per heavy atom. The van der Waals surface area contributed by atoms with Gasteiger partial charge in [0.1, 0.15) is 5.75 Å². The Morgan fingerprint density at radius 2 is 1.95 bits per heavy atom. The molecule has 0 unspecified atom stereocenters. The lowest BCUT2D eigenvalue weighted by Gasteiger charge is -2.14. The van der Waals surface area contributed by atoms with Crippen LogP contribution in [0.25, 0.3) is 0 Å². The summed E-state index contributed by atoms with van der Waals surface area (Å²) in [7, 11) is 0. The molecule has 0 aliphatic heterocycles. The SMILES string of the molecule is CC(C)c1ccc(O[C@H](C)C(=O)Nc2nccs2)cc1. The van der Waals surface area contributed by atoms with Gasteiger partial charge in [0.2, 0.25) is 0 Å². The van der Waals surface area contributed by atoms with Crippen LogP contribution in [0.4, 0.5) is 5.13 Å². The van der Waals surface area contributed by atoms with E-state index in [0.717, 1.165) is 0 Å². The fourth-order valence-electron chi connectivity index (χ4n) is 1.68. The van der Waals surface area contributed by atoms with E-state index in [1.165, 1.54) is 16.9 Å². The Labute approximate surface area is 122 Å². The first kappa shape index (κ1) is 14.5. The van der Waals surface area contributed by atoms with Crippen LogP contribution >= 0.6 is 11.3 Å². The predicted molar refractivity (Wildman–Crippen MR) is 81.4 cm³/mol. The Bertz CT molecular complexity index is 550. The average Bonchev–Trinajstić information content (AvgIpc) is 2.92. The van der Waals surface area contributed by atoms with Gasteiger partial charge in [-0.1, -0.05) is 26.0 Å². The lowest BCUT2D eigenvalue weighted by atomic mass is 10.0. The number of carbonyl (C=O) groups excluding carboxylic acids is 1. The first-order valence-corrected chi connectivity index (χ1v) is 7.41. The molecule has 0 spiro atoms. The summed E-state index contributed by atoms with van der Waals surface area (Å²) in [6, 6.07) is 7.82. The van der Waals surface area contributed by atoms with Crippen molar-refractivity contribution in [3.63, 3.8) is 0 Å². The van der Waals surface area contributed by atoms with Crippen molar-refractivity contribution in [2.75, 3.05) is 5.32 Å². The number of benzene rings is 1. The molecule has 1 amide bonds. The number of carbonyl (C=O) groups is 1. The summed E-state index contributed by atoms with van der Waals surface area (Å²) in [5.74, 6) is 0.971. The molecule has 2 rings (SSSR count). The maximum atomic E-state index is 11.9. The van der Waals surface area contributed by atoms with E-state index in [0.29, 0.717) is 16.8 Å². The van der Waals surface area contributed by atoms with Gasteiger partial charge in [0.25, 0.3) is 5.91 Å². The second-order valence-corrected chi connectivity index (χ2v) is 5.70. The zero-order valence-corrected chi connectivity index (χ0v) is 12.6. The molecule has 0 fully saturated rings. The summed E-state index contributed by atoms with van der Waals surface area (Å²) < 4.78 is 5.62. The summed E-state index contributed by atoms with van der Waals surface area (Å²) in [4.78, 5) is 15.9. The van der Waals surface area contributed by atoms with Gasteiger partial charge in [0.05, 0.1) is 0 Å². The van der Waals surface area contributed by atoms with Crippen molar-refractivity contribution in [1.82, 2.24) is 4.98 Å². The molecule has 20 heavy (non-hydrogen) atoms. The molecule has 5 heteroatoms. The number of rotatable bonds is 5. The number of nitrogens with one attached hydrogen (secondary N) is 1. The molecule has 0 saturated heterocycles.